The van der Waals surface area contributed by atoms with Gasteiger partial charge in [-0.25, -0.2) is 4.79 Å². The molecular weight excluding hydrogens is 182 g/mol. The Morgan fingerprint density at radius 1 is 1.62 bits per heavy atom. The summed E-state index contributed by atoms with van der Waals surface area (Å²) >= 11 is 0. The highest BCUT2D eigenvalue weighted by molar-refractivity contribution is 5.89. The Morgan fingerprint density at radius 2 is 2.15 bits per heavy atom. The molecule has 0 aliphatic carbocycles. The maximum atomic E-state index is 10.5. The summed E-state index contributed by atoms with van der Waals surface area (Å²) in [6.07, 6.45) is -2.59. The van der Waals surface area contributed by atoms with Crippen LogP contribution in [0, 0.1) is 0 Å². The molecule has 1 rings (SSSR count). The minimum absolute atomic E-state index is 0. The summed E-state index contributed by atoms with van der Waals surface area (Å²) in [5.74, 6) is -2.73. The van der Waals surface area contributed by atoms with Crippen LogP contribution in [-0.4, -0.2) is 40.1 Å². The van der Waals surface area contributed by atoms with Crippen molar-refractivity contribution in [1.29, 1.82) is 0 Å². The summed E-state index contributed by atoms with van der Waals surface area (Å²) in [5, 5.41) is 34.9. The highest BCUT2D eigenvalue weighted by Crippen LogP contribution is 2.20. The average molecular weight is 193 g/mol. The summed E-state index contributed by atoms with van der Waals surface area (Å²) in [6, 6.07) is 0. The Bertz CT molecular complexity index is 237. The van der Waals surface area contributed by atoms with Gasteiger partial charge in [0.15, 0.2) is 11.9 Å². The molecule has 1 aliphatic heterocycles. The number of carbonyl (C=O) groups is 1. The molecule has 0 aromatic rings. The van der Waals surface area contributed by atoms with E-state index in [2.05, 4.69) is 4.74 Å². The van der Waals surface area contributed by atoms with Gasteiger partial charge >= 0.3 is 5.97 Å². The number of cyclic esters (lactones) is 1. The first-order valence-electron chi connectivity index (χ1n) is 3.20. The van der Waals surface area contributed by atoms with Crippen LogP contribution in [-0.2, 0) is 9.53 Å². The van der Waals surface area contributed by atoms with Crippen LogP contribution >= 0.6 is 0 Å². The molecule has 0 radical (unpaired) electrons. The van der Waals surface area contributed by atoms with Gasteiger partial charge in [0, 0.05) is 0 Å². The Balaban J connectivity index is 0.00000144. The molecule has 0 amide bonds. The van der Waals surface area contributed by atoms with E-state index >= 15 is 0 Å². The van der Waals surface area contributed by atoms with Gasteiger partial charge in [0.05, 0.1) is 0 Å². The van der Waals surface area contributed by atoms with Gasteiger partial charge in [-0.2, -0.15) is 0 Å². The van der Waals surface area contributed by atoms with Crippen molar-refractivity contribution in [2.24, 2.45) is 0 Å². The minimum Gasteiger partial charge on any atom is -0.849 e. The van der Waals surface area contributed by atoms with Gasteiger partial charge in [-0.3, -0.25) is 0 Å². The molecule has 0 aromatic heterocycles. The quantitative estimate of drug-likeness (QED) is 0.336. The van der Waals surface area contributed by atoms with E-state index in [0.29, 0.717) is 0 Å². The molecule has 0 fully saturated rings. The lowest BCUT2D eigenvalue weighted by Crippen LogP contribution is -2.36. The van der Waals surface area contributed by atoms with Gasteiger partial charge in [0.25, 0.3) is 0 Å². The zero-order valence-electron chi connectivity index (χ0n) is 6.69. The smallest absolute Gasteiger partial charge is 0.378 e. The van der Waals surface area contributed by atoms with Crippen LogP contribution in [0.5, 0.6) is 0 Å². The maximum Gasteiger partial charge on any atom is 0.378 e. The van der Waals surface area contributed by atoms with Gasteiger partial charge in [-0.1, -0.05) is 6.61 Å². The molecule has 0 saturated carbocycles. The topological polar surface area (TPSA) is 148 Å². The van der Waals surface area contributed by atoms with Crippen molar-refractivity contribution in [2.45, 2.75) is 12.2 Å². The first-order chi connectivity index (χ1) is 5.57. The van der Waals surface area contributed by atoms with Crippen molar-refractivity contribution in [3.05, 3.63) is 11.5 Å². The van der Waals surface area contributed by atoms with E-state index in [4.69, 9.17) is 15.3 Å². The fraction of sp³-hybridized carbons (Fsp3) is 0.500. The molecule has 1 heterocycles. The van der Waals surface area contributed by atoms with Crippen LogP contribution in [0.25, 0.3) is 0 Å². The molecule has 0 bridgehead atoms. The van der Waals surface area contributed by atoms with Crippen molar-refractivity contribution in [2.75, 3.05) is 6.61 Å². The van der Waals surface area contributed by atoms with Crippen molar-refractivity contribution in [3.8, 4) is 0 Å². The third-order valence-electron chi connectivity index (χ3n) is 1.48. The fourth-order valence-electron chi connectivity index (χ4n) is 0.826. The monoisotopic (exact) mass is 193 g/mol. The Hall–Kier alpha value is -1.31. The van der Waals surface area contributed by atoms with E-state index in [-0.39, 0.29) is 6.15 Å². The second-order valence-corrected chi connectivity index (χ2v) is 2.33. The number of aliphatic hydroxyl groups excluding tert-OH is 2. The molecule has 7 heteroatoms. The van der Waals surface area contributed by atoms with Crippen molar-refractivity contribution in [3.63, 3.8) is 0 Å². The molecule has 0 spiro atoms. The molecule has 0 unspecified atom stereocenters. The van der Waals surface area contributed by atoms with Crippen LogP contribution in [0.3, 0.4) is 0 Å². The highest BCUT2D eigenvalue weighted by atomic mass is 16.6. The van der Waals surface area contributed by atoms with E-state index in [1.165, 1.54) is 0 Å². The van der Waals surface area contributed by atoms with E-state index < -0.39 is 36.3 Å². The van der Waals surface area contributed by atoms with Gasteiger partial charge in [-0.05, 0) is 0 Å². The van der Waals surface area contributed by atoms with Gasteiger partial charge in [0.2, 0.25) is 11.9 Å². The zero-order chi connectivity index (χ0) is 9.30. The summed E-state index contributed by atoms with van der Waals surface area (Å²) in [6.45, 7) is -0.810. The van der Waals surface area contributed by atoms with Gasteiger partial charge < -0.3 is 31.3 Å². The fourth-order valence-corrected chi connectivity index (χ4v) is 0.826. The predicted octanol–water partition coefficient (Wildman–Crippen LogP) is -2.15. The van der Waals surface area contributed by atoms with E-state index in [1.807, 2.05) is 0 Å². The van der Waals surface area contributed by atoms with Gasteiger partial charge in [0.1, 0.15) is 0 Å². The molecule has 0 aromatic carbocycles. The summed E-state index contributed by atoms with van der Waals surface area (Å²) in [5.41, 5.74) is 0. The Labute approximate surface area is 73.5 Å². The predicted molar refractivity (Wildman–Crippen MR) is 39.5 cm³/mol. The second-order valence-electron chi connectivity index (χ2n) is 2.33. The lowest BCUT2D eigenvalue weighted by molar-refractivity contribution is -0.387. The maximum absolute atomic E-state index is 10.5. The van der Waals surface area contributed by atoms with Crippen LogP contribution in [0.2, 0.25) is 0 Å². The number of rotatable bonds is 2. The zero-order valence-corrected chi connectivity index (χ0v) is 6.69. The number of hydrogen-bond donors (Lipinski definition) is 3. The standard InChI is InChI=1S/C6H7O6.H3N/c7-1-2(8)5-3(9)4(10)6(11)12-5;/h2,5,8-10H,1H2;1H3/q-1;/p+1/t2-,5-;/m1./s1. The van der Waals surface area contributed by atoms with Crippen molar-refractivity contribution < 1.29 is 30.0 Å². The molecule has 13 heavy (non-hydrogen) atoms. The Morgan fingerprint density at radius 3 is 2.46 bits per heavy atom. The number of ether oxygens (including phenoxy) is 1. The molecule has 1 aliphatic rings. The van der Waals surface area contributed by atoms with Crippen LogP contribution in [0.15, 0.2) is 11.5 Å². The number of hydrogen-bond acceptors (Lipinski definition) is 6. The minimum atomic E-state index is -1.31. The number of esters is 1. The van der Waals surface area contributed by atoms with Crippen LogP contribution in [0.1, 0.15) is 0 Å². The number of aliphatic hydroxyl groups is 2. The average Bonchev–Trinajstić information content (AvgIpc) is 2.32. The van der Waals surface area contributed by atoms with Crippen LogP contribution < -0.4 is 11.3 Å². The molecule has 0 saturated heterocycles. The lowest BCUT2D eigenvalue weighted by Gasteiger charge is -2.15. The van der Waals surface area contributed by atoms with E-state index in [9.17, 15) is 9.90 Å². The SMILES string of the molecule is N.O=C1O[C@H]([C@H]([OH2+])C[O-])C(O)=C1O. The Kier molecular flexibility index (Phi) is 3.67. The molecular formula is C6H11NO6. The third-order valence-corrected chi connectivity index (χ3v) is 1.48. The third kappa shape index (κ3) is 1.89. The molecule has 76 valence electrons. The van der Waals surface area contributed by atoms with Gasteiger partial charge in [-0.15, -0.1) is 0 Å². The van der Waals surface area contributed by atoms with E-state index in [0.717, 1.165) is 0 Å². The summed E-state index contributed by atoms with van der Waals surface area (Å²) in [4.78, 5) is 10.5. The molecule has 7 nitrogen and oxygen atoms in total. The molecule has 2 atom stereocenters. The van der Waals surface area contributed by atoms with Crippen LogP contribution in [0.4, 0.5) is 0 Å². The van der Waals surface area contributed by atoms with Crippen molar-refractivity contribution >= 4 is 5.97 Å². The van der Waals surface area contributed by atoms with Crippen molar-refractivity contribution in [1.82, 2.24) is 6.15 Å². The summed E-state index contributed by atoms with van der Waals surface area (Å²) < 4.78 is 4.34. The summed E-state index contributed by atoms with van der Waals surface area (Å²) in [7, 11) is 0. The first kappa shape index (κ1) is 11.7. The normalized spacial score (nSPS) is 23.8. The number of carbonyl (C=O) groups excluding carboxylic acids is 1. The lowest BCUT2D eigenvalue weighted by atomic mass is 10.2. The first-order valence-corrected chi connectivity index (χ1v) is 3.20. The largest absolute Gasteiger partial charge is 0.849 e. The second kappa shape index (κ2) is 4.08. The molecule has 7 N–H and O–H groups in total. The highest BCUT2D eigenvalue weighted by Gasteiger charge is 2.39. The van der Waals surface area contributed by atoms with E-state index in [1.54, 1.807) is 0 Å².